The summed E-state index contributed by atoms with van der Waals surface area (Å²) >= 11 is 0. The van der Waals surface area contributed by atoms with Crippen LogP contribution < -0.4 is 4.89 Å². The van der Waals surface area contributed by atoms with E-state index in [4.69, 9.17) is 9.62 Å². The minimum atomic E-state index is -0.598. The van der Waals surface area contributed by atoms with Gasteiger partial charge in [0.05, 0.1) is 6.61 Å². The predicted molar refractivity (Wildman–Crippen MR) is 54.8 cm³/mol. The van der Waals surface area contributed by atoms with E-state index in [0.717, 1.165) is 0 Å². The zero-order valence-electron chi connectivity index (χ0n) is 9.06. The fourth-order valence-corrected chi connectivity index (χ4v) is 1.02. The van der Waals surface area contributed by atoms with E-state index in [-0.39, 0.29) is 17.9 Å². The van der Waals surface area contributed by atoms with Crippen molar-refractivity contribution in [3.05, 3.63) is 29.8 Å². The zero-order valence-corrected chi connectivity index (χ0v) is 9.06. The molecule has 0 saturated carbocycles. The molecule has 0 spiro atoms. The average Bonchev–Trinajstić information content (AvgIpc) is 2.27. The van der Waals surface area contributed by atoms with Crippen LogP contribution in [-0.2, 0) is 14.4 Å². The van der Waals surface area contributed by atoms with Crippen LogP contribution in [0.5, 0.6) is 5.75 Å². The number of esters is 1. The Morgan fingerprint density at radius 1 is 1.25 bits per heavy atom. The molecule has 0 aromatic heterocycles. The molecule has 0 saturated heterocycles. The number of hydrogen-bond acceptors (Lipinski definition) is 5. The minimum absolute atomic E-state index is 0.149. The lowest BCUT2D eigenvalue weighted by Gasteiger charge is -2.07. The molecule has 5 nitrogen and oxygen atoms in total. The Labute approximate surface area is 92.8 Å². The summed E-state index contributed by atoms with van der Waals surface area (Å²) in [4.78, 5) is 31.1. The molecule has 1 aromatic carbocycles. The largest absolute Gasteiger partial charge is 0.462 e. The molecular weight excluding hydrogens is 212 g/mol. The summed E-state index contributed by atoms with van der Waals surface area (Å²) < 4.78 is 4.82. The second-order valence-electron chi connectivity index (χ2n) is 2.87. The third-order valence-electron chi connectivity index (χ3n) is 1.63. The number of ether oxygens (including phenoxy) is 1. The normalized spacial score (nSPS) is 9.38. The van der Waals surface area contributed by atoms with Crippen LogP contribution in [0.3, 0.4) is 0 Å². The molecule has 0 unspecified atom stereocenters. The van der Waals surface area contributed by atoms with Gasteiger partial charge in [0.15, 0.2) is 5.75 Å². The molecule has 0 radical (unpaired) electrons. The monoisotopic (exact) mass is 224 g/mol. The highest BCUT2D eigenvalue weighted by Crippen LogP contribution is 2.19. The highest BCUT2D eigenvalue weighted by atomic mass is 17.2. The number of para-hydroxylation sites is 1. The molecule has 16 heavy (non-hydrogen) atoms. The van der Waals surface area contributed by atoms with Crippen LogP contribution >= 0.6 is 0 Å². The molecule has 0 N–H and O–H groups in total. The van der Waals surface area contributed by atoms with Gasteiger partial charge in [0.1, 0.15) is 5.56 Å². The second kappa shape index (κ2) is 5.75. The first-order chi connectivity index (χ1) is 7.65. The van der Waals surface area contributed by atoms with Gasteiger partial charge in [-0.1, -0.05) is 12.1 Å². The van der Waals surface area contributed by atoms with Gasteiger partial charge in [-0.25, -0.2) is 9.59 Å². The molecule has 0 bridgehead atoms. The van der Waals surface area contributed by atoms with Gasteiger partial charge in [0.2, 0.25) is 0 Å². The molecule has 0 aliphatic heterocycles. The molecule has 0 amide bonds. The van der Waals surface area contributed by atoms with E-state index in [1.807, 2.05) is 0 Å². The quantitative estimate of drug-likeness (QED) is 0.442. The maximum atomic E-state index is 11.5. The Morgan fingerprint density at radius 3 is 2.56 bits per heavy atom. The molecule has 86 valence electrons. The number of rotatable bonds is 4. The lowest BCUT2D eigenvalue weighted by molar-refractivity contribution is -0.211. The maximum Gasteiger partial charge on any atom is 0.352 e. The van der Waals surface area contributed by atoms with E-state index in [9.17, 15) is 9.59 Å². The molecular formula is C11H12O5. The summed E-state index contributed by atoms with van der Waals surface area (Å²) in [5.74, 6) is -0.972. The fourth-order valence-electron chi connectivity index (χ4n) is 1.02. The van der Waals surface area contributed by atoms with Crippen LogP contribution in [0.4, 0.5) is 0 Å². The summed E-state index contributed by atoms with van der Waals surface area (Å²) in [6.07, 6.45) is 0. The Hall–Kier alpha value is -2.04. The Kier molecular flexibility index (Phi) is 4.32. The molecule has 1 rings (SSSR count). The number of carbonyl (C=O) groups excluding carboxylic acids is 2. The third-order valence-corrected chi connectivity index (χ3v) is 1.63. The Bertz CT molecular complexity index is 386. The van der Waals surface area contributed by atoms with Crippen LogP contribution in [0.15, 0.2) is 24.3 Å². The van der Waals surface area contributed by atoms with Crippen LogP contribution in [0.25, 0.3) is 0 Å². The first kappa shape index (κ1) is 12.0. The van der Waals surface area contributed by atoms with Crippen molar-refractivity contribution in [1.82, 2.24) is 0 Å². The SMILES string of the molecule is CCOC(=O)c1ccccc1OOC(C)=O. The topological polar surface area (TPSA) is 61.8 Å². The summed E-state index contributed by atoms with van der Waals surface area (Å²) in [6, 6.07) is 6.35. The first-order valence-corrected chi connectivity index (χ1v) is 4.76. The third kappa shape index (κ3) is 3.27. The fraction of sp³-hybridized carbons (Fsp3) is 0.273. The predicted octanol–water partition coefficient (Wildman–Crippen LogP) is 1.72. The van der Waals surface area contributed by atoms with Gasteiger partial charge in [-0.2, -0.15) is 0 Å². The molecule has 5 heteroatoms. The molecule has 0 atom stereocenters. The van der Waals surface area contributed by atoms with E-state index in [0.29, 0.717) is 0 Å². The van der Waals surface area contributed by atoms with Gasteiger partial charge >= 0.3 is 11.9 Å². The lowest BCUT2D eigenvalue weighted by atomic mass is 10.2. The number of benzene rings is 1. The van der Waals surface area contributed by atoms with Crippen molar-refractivity contribution in [1.29, 1.82) is 0 Å². The molecule has 0 aliphatic rings. The van der Waals surface area contributed by atoms with Crippen molar-refractivity contribution in [3.8, 4) is 5.75 Å². The maximum absolute atomic E-state index is 11.5. The smallest absolute Gasteiger partial charge is 0.352 e. The van der Waals surface area contributed by atoms with Gasteiger partial charge in [-0.05, 0) is 19.1 Å². The highest BCUT2D eigenvalue weighted by Gasteiger charge is 2.14. The minimum Gasteiger partial charge on any atom is -0.462 e. The van der Waals surface area contributed by atoms with E-state index in [1.54, 1.807) is 19.1 Å². The van der Waals surface area contributed by atoms with Gasteiger partial charge in [0.25, 0.3) is 0 Å². The number of carbonyl (C=O) groups is 2. The van der Waals surface area contributed by atoms with Crippen LogP contribution in [0, 0.1) is 0 Å². The van der Waals surface area contributed by atoms with Gasteiger partial charge < -0.3 is 4.74 Å². The van der Waals surface area contributed by atoms with Crippen molar-refractivity contribution in [3.63, 3.8) is 0 Å². The van der Waals surface area contributed by atoms with Gasteiger partial charge in [-0.3, -0.25) is 9.78 Å². The molecule has 0 fully saturated rings. The van der Waals surface area contributed by atoms with Gasteiger partial charge in [0, 0.05) is 6.92 Å². The van der Waals surface area contributed by atoms with E-state index >= 15 is 0 Å². The van der Waals surface area contributed by atoms with E-state index < -0.39 is 11.9 Å². The van der Waals surface area contributed by atoms with Crippen LogP contribution in [-0.4, -0.2) is 18.5 Å². The van der Waals surface area contributed by atoms with Crippen molar-refractivity contribution < 1.29 is 24.1 Å². The van der Waals surface area contributed by atoms with Crippen molar-refractivity contribution in [2.24, 2.45) is 0 Å². The van der Waals surface area contributed by atoms with Crippen molar-refractivity contribution in [2.45, 2.75) is 13.8 Å². The van der Waals surface area contributed by atoms with Crippen molar-refractivity contribution in [2.75, 3.05) is 6.61 Å². The Balaban J connectivity index is 2.82. The van der Waals surface area contributed by atoms with Crippen LogP contribution in [0.1, 0.15) is 24.2 Å². The standard InChI is InChI=1S/C11H12O5/c1-3-14-11(13)9-6-4-5-7-10(9)16-15-8(2)12/h4-7H,3H2,1-2H3. The lowest BCUT2D eigenvalue weighted by Crippen LogP contribution is -2.09. The average molecular weight is 224 g/mol. The first-order valence-electron chi connectivity index (χ1n) is 4.76. The van der Waals surface area contributed by atoms with Crippen molar-refractivity contribution >= 4 is 11.9 Å². The van der Waals surface area contributed by atoms with E-state index in [1.165, 1.54) is 19.1 Å². The molecule has 1 aromatic rings. The highest BCUT2D eigenvalue weighted by molar-refractivity contribution is 5.92. The Morgan fingerprint density at radius 2 is 1.94 bits per heavy atom. The van der Waals surface area contributed by atoms with Gasteiger partial charge in [-0.15, -0.1) is 0 Å². The van der Waals surface area contributed by atoms with E-state index in [2.05, 4.69) is 4.89 Å². The molecule has 0 heterocycles. The summed E-state index contributed by atoms with van der Waals surface area (Å²) in [6.45, 7) is 3.17. The number of hydrogen-bond donors (Lipinski definition) is 0. The molecule has 0 aliphatic carbocycles. The summed E-state index contributed by atoms with van der Waals surface area (Å²) in [7, 11) is 0. The zero-order chi connectivity index (χ0) is 12.0. The summed E-state index contributed by atoms with van der Waals surface area (Å²) in [5.41, 5.74) is 0.214. The second-order valence-corrected chi connectivity index (χ2v) is 2.87. The summed E-state index contributed by atoms with van der Waals surface area (Å²) in [5, 5.41) is 0. The van der Waals surface area contributed by atoms with Crippen LogP contribution in [0.2, 0.25) is 0 Å².